The van der Waals surface area contributed by atoms with Crippen LogP contribution in [-0.2, 0) is 30.5 Å². The van der Waals surface area contributed by atoms with Gasteiger partial charge >= 0.3 is 11.9 Å². The lowest BCUT2D eigenvalue weighted by molar-refractivity contribution is -0.384. The number of esters is 2. The van der Waals surface area contributed by atoms with E-state index >= 15 is 0 Å². The maximum atomic E-state index is 14.9. The fourth-order valence-corrected chi connectivity index (χ4v) is 12.2. The van der Waals surface area contributed by atoms with E-state index in [9.17, 15) is 24.5 Å². The second-order valence-corrected chi connectivity index (χ2v) is 16.8. The van der Waals surface area contributed by atoms with Crippen LogP contribution >= 0.6 is 30.9 Å². The lowest BCUT2D eigenvalue weighted by Gasteiger charge is -2.49. The highest BCUT2D eigenvalue weighted by Crippen LogP contribution is 2.52. The van der Waals surface area contributed by atoms with Gasteiger partial charge < -0.3 is 13.9 Å². The molecule has 3 unspecified atom stereocenters. The third-order valence-electron chi connectivity index (χ3n) is 8.84. The summed E-state index contributed by atoms with van der Waals surface area (Å²) < 4.78 is 18.7. The molecule has 1 amide bonds. The molecule has 13 heteroatoms. The molecular weight excluding hydrogens is 720 g/mol. The van der Waals surface area contributed by atoms with Crippen LogP contribution in [0.5, 0.6) is 0 Å². The van der Waals surface area contributed by atoms with Gasteiger partial charge in [-0.1, -0.05) is 91.0 Å². The SMILES string of the molecule is CC(=O)OC(c1cc2sccc2o1)C1C(=O)N(C(C(=O)OCc2ccc([N+](=O)[O-])cc2)=P(c2ccccc2)(c2ccccc2)c2ccccc2)C1S. The normalized spacial score (nSPS) is 16.2. The molecule has 6 aromatic rings. The second kappa shape index (κ2) is 14.7. The van der Waals surface area contributed by atoms with Crippen LogP contribution in [0.1, 0.15) is 24.4 Å². The van der Waals surface area contributed by atoms with Gasteiger partial charge in [0, 0.05) is 32.0 Å². The van der Waals surface area contributed by atoms with E-state index in [2.05, 4.69) is 0 Å². The molecule has 1 saturated heterocycles. The van der Waals surface area contributed by atoms with Crippen LogP contribution in [0.3, 0.4) is 0 Å². The number of hydrogen-bond donors (Lipinski definition) is 1. The molecule has 0 spiro atoms. The fraction of sp³-hybridized carbons (Fsp3) is 0.128. The van der Waals surface area contributed by atoms with Gasteiger partial charge in [0.2, 0.25) is 5.91 Å². The molecule has 10 nitrogen and oxygen atoms in total. The van der Waals surface area contributed by atoms with Gasteiger partial charge in [-0.3, -0.25) is 24.6 Å². The van der Waals surface area contributed by atoms with Crippen molar-refractivity contribution in [2.45, 2.75) is 25.0 Å². The predicted octanol–water partition coefficient (Wildman–Crippen LogP) is 6.59. The van der Waals surface area contributed by atoms with E-state index < -0.39 is 47.1 Å². The number of thiol groups is 1. The lowest BCUT2D eigenvalue weighted by Crippen LogP contribution is -2.65. The zero-order valence-corrected chi connectivity index (χ0v) is 30.2. The van der Waals surface area contributed by atoms with E-state index in [1.807, 2.05) is 96.4 Å². The molecule has 3 atom stereocenters. The first-order valence-electron chi connectivity index (χ1n) is 16.2. The Morgan fingerprint density at radius 3 is 1.94 bits per heavy atom. The number of thiophene rings is 1. The minimum Gasteiger partial charge on any atom is -0.456 e. The van der Waals surface area contributed by atoms with E-state index in [-0.39, 0.29) is 17.7 Å². The van der Waals surface area contributed by atoms with Crippen molar-refractivity contribution < 1.29 is 33.2 Å². The number of nitro benzene ring substituents is 1. The van der Waals surface area contributed by atoms with E-state index in [0.717, 1.165) is 20.6 Å². The molecule has 2 aromatic heterocycles. The maximum Gasteiger partial charge on any atom is 0.356 e. The number of benzene rings is 4. The van der Waals surface area contributed by atoms with Gasteiger partial charge in [-0.2, -0.15) is 12.6 Å². The standard InChI is InChI=1S/C39H31N2O8PS2/c1-25(42)48-35(32-23-33-31(49-32)21-22-52-33)34-36(43)40(38(34)51)37(39(44)47-24-26-17-19-27(20-18-26)41(45)46)50(28-11-5-2-6-12-28,29-13-7-3-8-14-29)30-15-9-4-10-16-30/h2-23,34-35,38,51H,24H2,1H3. The summed E-state index contributed by atoms with van der Waals surface area (Å²) in [6.07, 6.45) is -1.11. The highest BCUT2D eigenvalue weighted by molar-refractivity contribution is 7.96. The Morgan fingerprint density at radius 1 is 0.904 bits per heavy atom. The van der Waals surface area contributed by atoms with Gasteiger partial charge in [-0.15, -0.1) is 11.3 Å². The summed E-state index contributed by atoms with van der Waals surface area (Å²) in [5, 5.41) is 14.5. The summed E-state index contributed by atoms with van der Waals surface area (Å²) in [5.74, 6) is -2.58. The van der Waals surface area contributed by atoms with Crippen LogP contribution in [0.4, 0.5) is 5.69 Å². The number of fused-ring (bicyclic) bond motifs is 1. The molecule has 7 rings (SSSR count). The van der Waals surface area contributed by atoms with Crippen LogP contribution in [0.15, 0.2) is 137 Å². The Bertz CT molecular complexity index is 2190. The average Bonchev–Trinajstić information content (AvgIpc) is 3.78. The summed E-state index contributed by atoms with van der Waals surface area (Å²) in [4.78, 5) is 54.2. The second-order valence-electron chi connectivity index (χ2n) is 12.0. The number of likely N-dealkylation sites (tertiary alicyclic amines) is 1. The first kappa shape index (κ1) is 35.0. The Hall–Kier alpha value is -5.42. The van der Waals surface area contributed by atoms with Crippen LogP contribution in [0, 0.1) is 16.0 Å². The zero-order valence-electron chi connectivity index (χ0n) is 27.6. The van der Waals surface area contributed by atoms with Crippen molar-refractivity contribution in [2.75, 3.05) is 0 Å². The number of amides is 1. The first-order valence-corrected chi connectivity index (χ1v) is 19.4. The third-order valence-corrected chi connectivity index (χ3v) is 14.5. The van der Waals surface area contributed by atoms with Crippen molar-refractivity contribution in [3.05, 3.63) is 154 Å². The van der Waals surface area contributed by atoms with Gasteiger partial charge in [0.25, 0.3) is 5.69 Å². The number of hydrogen-bond acceptors (Lipinski definition) is 10. The Balaban J connectivity index is 1.43. The van der Waals surface area contributed by atoms with Gasteiger partial charge in [-0.25, -0.2) is 4.79 Å². The molecular formula is C39H31N2O8PS2. The summed E-state index contributed by atoms with van der Waals surface area (Å²) >= 11 is 6.42. The highest BCUT2D eigenvalue weighted by atomic mass is 32.1. The fourth-order valence-electron chi connectivity index (χ4n) is 6.52. The zero-order chi connectivity index (χ0) is 36.4. The molecule has 3 heterocycles. The van der Waals surface area contributed by atoms with Crippen molar-refractivity contribution in [2.24, 2.45) is 5.92 Å². The Morgan fingerprint density at radius 2 is 1.46 bits per heavy atom. The van der Waals surface area contributed by atoms with E-state index in [1.54, 1.807) is 12.1 Å². The van der Waals surface area contributed by atoms with Crippen molar-refractivity contribution in [1.29, 1.82) is 0 Å². The number of nitrogens with zero attached hydrogens (tertiary/aromatic N) is 2. The molecule has 0 aliphatic carbocycles. The summed E-state index contributed by atoms with van der Waals surface area (Å²) in [6, 6.07) is 37.8. The molecule has 262 valence electrons. The maximum absolute atomic E-state index is 14.9. The monoisotopic (exact) mass is 750 g/mol. The van der Waals surface area contributed by atoms with Crippen LogP contribution < -0.4 is 15.9 Å². The van der Waals surface area contributed by atoms with E-state index in [0.29, 0.717) is 16.9 Å². The molecule has 1 fully saturated rings. The molecule has 52 heavy (non-hydrogen) atoms. The molecule has 4 aromatic carbocycles. The summed E-state index contributed by atoms with van der Waals surface area (Å²) in [6.45, 7) is -2.21. The first-order chi connectivity index (χ1) is 25.2. The smallest absolute Gasteiger partial charge is 0.356 e. The van der Waals surface area contributed by atoms with Crippen molar-refractivity contribution >= 4 is 86.0 Å². The van der Waals surface area contributed by atoms with E-state index in [1.165, 1.54) is 47.4 Å². The minimum absolute atomic E-state index is 0.0845. The van der Waals surface area contributed by atoms with Gasteiger partial charge in [0.05, 0.1) is 15.0 Å². The van der Waals surface area contributed by atoms with Gasteiger partial charge in [0.15, 0.2) is 6.10 Å². The number of ether oxygens (including phenoxy) is 2. The number of carbonyl (C=O) groups excluding carboxylic acids is 3. The van der Waals surface area contributed by atoms with E-state index in [4.69, 9.17) is 26.5 Å². The number of rotatable bonds is 11. The lowest BCUT2D eigenvalue weighted by atomic mass is 9.90. The Labute approximate surface area is 308 Å². The van der Waals surface area contributed by atoms with Crippen molar-refractivity contribution in [1.82, 2.24) is 4.90 Å². The Kier molecular flexibility index (Phi) is 9.87. The molecule has 1 aliphatic heterocycles. The molecule has 0 saturated carbocycles. The van der Waals surface area contributed by atoms with Gasteiger partial charge in [-0.05, 0) is 45.1 Å². The quantitative estimate of drug-likeness (QED) is 0.0393. The van der Waals surface area contributed by atoms with Crippen molar-refractivity contribution in [3.63, 3.8) is 0 Å². The van der Waals surface area contributed by atoms with Gasteiger partial charge in [0.1, 0.15) is 29.3 Å². The number of β-lactam (4-membered cyclic amide) rings is 1. The number of furan rings is 1. The number of non-ortho nitro benzene ring substituents is 1. The van der Waals surface area contributed by atoms with Crippen LogP contribution in [-0.4, -0.2) is 38.5 Å². The summed E-state index contributed by atoms with van der Waals surface area (Å²) in [7, 11) is 0. The number of nitro groups is 1. The topological polar surface area (TPSA) is 129 Å². The van der Waals surface area contributed by atoms with Crippen LogP contribution in [0.2, 0.25) is 0 Å². The molecule has 0 radical (unpaired) electrons. The molecule has 0 N–H and O–H groups in total. The number of carbonyl (C=O) groups is 3. The molecule has 1 aliphatic rings. The minimum atomic E-state index is -3.25. The average molecular weight is 751 g/mol. The van der Waals surface area contributed by atoms with Crippen molar-refractivity contribution in [3.8, 4) is 0 Å². The molecule has 0 bridgehead atoms. The highest BCUT2D eigenvalue weighted by Gasteiger charge is 2.57. The predicted molar refractivity (Wildman–Crippen MR) is 205 cm³/mol. The third kappa shape index (κ3) is 6.34. The largest absolute Gasteiger partial charge is 0.456 e. The van der Waals surface area contributed by atoms with Crippen LogP contribution in [0.25, 0.3) is 10.3 Å². The summed E-state index contributed by atoms with van der Waals surface area (Å²) in [5.41, 5.74) is 1.10.